The van der Waals surface area contributed by atoms with Crippen molar-refractivity contribution < 1.29 is 9.57 Å². The minimum atomic E-state index is -0.0158. The van der Waals surface area contributed by atoms with E-state index in [4.69, 9.17) is 21.2 Å². The average Bonchev–Trinajstić information content (AvgIpc) is 2.24. The highest BCUT2D eigenvalue weighted by atomic mass is 35.5. The predicted molar refractivity (Wildman–Crippen MR) is 70.6 cm³/mol. The van der Waals surface area contributed by atoms with Crippen LogP contribution in [0.25, 0.3) is 0 Å². The molecule has 0 aliphatic carbocycles. The van der Waals surface area contributed by atoms with Gasteiger partial charge in [-0.05, 0) is 17.5 Å². The third-order valence-corrected chi connectivity index (χ3v) is 2.77. The van der Waals surface area contributed by atoms with Gasteiger partial charge in [0.25, 0.3) is 0 Å². The van der Waals surface area contributed by atoms with Crippen LogP contribution in [0.3, 0.4) is 0 Å². The molecule has 0 spiro atoms. The van der Waals surface area contributed by atoms with Crippen LogP contribution in [-0.2, 0) is 16.8 Å². The lowest BCUT2D eigenvalue weighted by molar-refractivity contribution is 0.0861. The van der Waals surface area contributed by atoms with Gasteiger partial charge in [0.05, 0.1) is 14.2 Å². The Balaban J connectivity index is 3.25. The molecule has 0 atom stereocenters. The summed E-state index contributed by atoms with van der Waals surface area (Å²) in [5, 5.41) is 0.712. The average molecular weight is 258 g/mol. The van der Waals surface area contributed by atoms with Crippen molar-refractivity contribution in [1.29, 1.82) is 0 Å². The van der Waals surface area contributed by atoms with Crippen molar-refractivity contribution in [1.82, 2.24) is 5.48 Å². The van der Waals surface area contributed by atoms with Crippen molar-refractivity contribution in [2.75, 3.05) is 14.2 Å². The summed E-state index contributed by atoms with van der Waals surface area (Å²) in [5.41, 5.74) is 4.88. The monoisotopic (exact) mass is 257 g/mol. The molecular formula is C13H20ClNO2. The number of methoxy groups -OCH3 is 1. The highest BCUT2D eigenvalue weighted by molar-refractivity contribution is 6.30. The first-order valence-corrected chi connectivity index (χ1v) is 5.90. The summed E-state index contributed by atoms with van der Waals surface area (Å²) in [6.45, 7) is 6.96. The largest absolute Gasteiger partial charge is 0.496 e. The smallest absolute Gasteiger partial charge is 0.127 e. The summed E-state index contributed by atoms with van der Waals surface area (Å²) >= 11 is 6.14. The Morgan fingerprint density at radius 3 is 2.35 bits per heavy atom. The number of ether oxygens (including phenoxy) is 1. The van der Waals surface area contributed by atoms with Crippen LogP contribution in [0.2, 0.25) is 5.02 Å². The molecule has 0 saturated heterocycles. The van der Waals surface area contributed by atoms with Gasteiger partial charge in [-0.3, -0.25) is 0 Å². The molecule has 4 heteroatoms. The lowest BCUT2D eigenvalue weighted by atomic mass is 9.85. The standard InChI is InChI=1S/C13H20ClNO2/c1-13(2,3)11-7-10(14)6-9(8-15-17-5)12(11)16-4/h6-7,15H,8H2,1-5H3. The van der Waals surface area contributed by atoms with Crippen LogP contribution in [-0.4, -0.2) is 14.2 Å². The Morgan fingerprint density at radius 1 is 1.24 bits per heavy atom. The molecule has 1 aromatic rings. The zero-order chi connectivity index (χ0) is 13.1. The van der Waals surface area contributed by atoms with Gasteiger partial charge in [-0.15, -0.1) is 0 Å². The lowest BCUT2D eigenvalue weighted by Crippen LogP contribution is -2.17. The fourth-order valence-electron chi connectivity index (χ4n) is 1.73. The Hall–Kier alpha value is -0.770. The maximum atomic E-state index is 6.14. The second kappa shape index (κ2) is 5.71. The van der Waals surface area contributed by atoms with Crippen LogP contribution in [0.4, 0.5) is 0 Å². The molecule has 0 aliphatic heterocycles. The maximum absolute atomic E-state index is 6.14. The quantitative estimate of drug-likeness (QED) is 0.840. The van der Waals surface area contributed by atoms with Crippen LogP contribution in [0.1, 0.15) is 31.9 Å². The summed E-state index contributed by atoms with van der Waals surface area (Å²) < 4.78 is 5.50. The van der Waals surface area contributed by atoms with Crippen LogP contribution < -0.4 is 10.2 Å². The molecule has 1 aromatic carbocycles. The molecule has 96 valence electrons. The molecule has 1 N–H and O–H groups in total. The van der Waals surface area contributed by atoms with E-state index < -0.39 is 0 Å². The molecule has 0 radical (unpaired) electrons. The number of halogens is 1. The molecule has 1 rings (SSSR count). The zero-order valence-corrected chi connectivity index (χ0v) is 11.8. The molecule has 0 bridgehead atoms. The zero-order valence-electron chi connectivity index (χ0n) is 11.1. The van der Waals surface area contributed by atoms with Crippen LogP contribution in [0.5, 0.6) is 5.75 Å². The fourth-order valence-corrected chi connectivity index (χ4v) is 1.97. The Kier molecular flexibility index (Phi) is 4.80. The van der Waals surface area contributed by atoms with Gasteiger partial charge in [0.1, 0.15) is 5.75 Å². The molecule has 0 unspecified atom stereocenters. The Morgan fingerprint density at radius 2 is 1.88 bits per heavy atom. The van der Waals surface area contributed by atoms with E-state index in [9.17, 15) is 0 Å². The van der Waals surface area contributed by atoms with Gasteiger partial charge in [-0.25, -0.2) is 0 Å². The number of benzene rings is 1. The van der Waals surface area contributed by atoms with E-state index in [0.717, 1.165) is 16.9 Å². The molecule has 0 aromatic heterocycles. The van der Waals surface area contributed by atoms with Gasteiger partial charge in [-0.2, -0.15) is 5.48 Å². The van der Waals surface area contributed by atoms with Gasteiger partial charge in [0.15, 0.2) is 0 Å². The van der Waals surface area contributed by atoms with Crippen molar-refractivity contribution in [3.63, 3.8) is 0 Å². The minimum Gasteiger partial charge on any atom is -0.496 e. The first kappa shape index (κ1) is 14.3. The number of hydrogen-bond acceptors (Lipinski definition) is 3. The summed E-state index contributed by atoms with van der Waals surface area (Å²) in [6.07, 6.45) is 0. The molecule has 0 aliphatic rings. The van der Waals surface area contributed by atoms with Crippen molar-refractivity contribution >= 4 is 11.6 Å². The second-order valence-corrected chi connectivity index (χ2v) is 5.36. The van der Waals surface area contributed by atoms with E-state index >= 15 is 0 Å². The first-order chi connectivity index (χ1) is 7.90. The molecule has 0 heterocycles. The number of rotatable bonds is 4. The SMILES string of the molecule is CONCc1cc(Cl)cc(C(C)(C)C)c1OC. The summed E-state index contributed by atoms with van der Waals surface area (Å²) in [4.78, 5) is 4.86. The molecule has 0 amide bonds. The molecule has 0 fully saturated rings. The number of hydrogen-bond donors (Lipinski definition) is 1. The molecule has 3 nitrogen and oxygen atoms in total. The highest BCUT2D eigenvalue weighted by Gasteiger charge is 2.21. The summed E-state index contributed by atoms with van der Waals surface area (Å²) in [5.74, 6) is 0.867. The van der Waals surface area contributed by atoms with Gasteiger partial charge >= 0.3 is 0 Å². The van der Waals surface area contributed by atoms with E-state index in [-0.39, 0.29) is 5.41 Å². The van der Waals surface area contributed by atoms with Crippen LogP contribution >= 0.6 is 11.6 Å². The first-order valence-electron chi connectivity index (χ1n) is 5.53. The van der Waals surface area contributed by atoms with Gasteiger partial charge < -0.3 is 9.57 Å². The van der Waals surface area contributed by atoms with Crippen molar-refractivity contribution in [2.45, 2.75) is 32.7 Å². The fraction of sp³-hybridized carbons (Fsp3) is 0.538. The number of nitrogens with one attached hydrogen (secondary N) is 1. The van der Waals surface area contributed by atoms with E-state index in [1.807, 2.05) is 12.1 Å². The Labute approximate surface area is 108 Å². The van der Waals surface area contributed by atoms with E-state index in [2.05, 4.69) is 26.3 Å². The van der Waals surface area contributed by atoms with Crippen molar-refractivity contribution in [3.8, 4) is 5.75 Å². The van der Waals surface area contributed by atoms with Gasteiger partial charge in [0, 0.05) is 22.7 Å². The summed E-state index contributed by atoms with van der Waals surface area (Å²) in [6, 6.07) is 3.85. The minimum absolute atomic E-state index is 0.0158. The van der Waals surface area contributed by atoms with Crippen molar-refractivity contribution in [2.24, 2.45) is 0 Å². The number of hydroxylamine groups is 1. The second-order valence-electron chi connectivity index (χ2n) is 4.92. The van der Waals surface area contributed by atoms with E-state index in [1.54, 1.807) is 14.2 Å². The van der Waals surface area contributed by atoms with E-state index in [0.29, 0.717) is 11.6 Å². The topological polar surface area (TPSA) is 30.5 Å². The molecule has 17 heavy (non-hydrogen) atoms. The lowest BCUT2D eigenvalue weighted by Gasteiger charge is -2.24. The van der Waals surface area contributed by atoms with E-state index in [1.165, 1.54) is 0 Å². The Bertz CT molecular complexity index is 386. The molecule has 0 saturated carbocycles. The third-order valence-electron chi connectivity index (χ3n) is 2.55. The van der Waals surface area contributed by atoms with Crippen molar-refractivity contribution in [3.05, 3.63) is 28.3 Å². The highest BCUT2D eigenvalue weighted by Crippen LogP contribution is 2.36. The maximum Gasteiger partial charge on any atom is 0.127 e. The van der Waals surface area contributed by atoms with Gasteiger partial charge in [-0.1, -0.05) is 32.4 Å². The predicted octanol–water partition coefficient (Wildman–Crippen LogP) is 3.30. The summed E-state index contributed by atoms with van der Waals surface area (Å²) in [7, 11) is 3.26. The van der Waals surface area contributed by atoms with Gasteiger partial charge in [0.2, 0.25) is 0 Å². The molecular weight excluding hydrogens is 238 g/mol. The van der Waals surface area contributed by atoms with Crippen LogP contribution in [0.15, 0.2) is 12.1 Å². The normalized spacial score (nSPS) is 11.6. The van der Waals surface area contributed by atoms with Crippen LogP contribution in [0, 0.1) is 0 Å². The third kappa shape index (κ3) is 3.60.